The second-order valence-electron chi connectivity index (χ2n) is 4.22. The van der Waals surface area contributed by atoms with E-state index in [1.54, 1.807) is 6.20 Å². The molecule has 0 spiro atoms. The van der Waals surface area contributed by atoms with Gasteiger partial charge in [-0.2, -0.15) is 4.73 Å². The lowest BCUT2D eigenvalue weighted by Gasteiger charge is -2.08. The number of aromatic nitrogens is 1. The number of hydrogen-bond acceptors (Lipinski definition) is 1. The average molecular weight is 211 g/mol. The molecule has 0 saturated heterocycles. The van der Waals surface area contributed by atoms with Crippen LogP contribution in [0.15, 0.2) is 42.6 Å². The molecular formula is C14H13NO. The van der Waals surface area contributed by atoms with E-state index in [1.165, 1.54) is 11.1 Å². The van der Waals surface area contributed by atoms with E-state index in [1.807, 2.05) is 24.3 Å². The van der Waals surface area contributed by atoms with E-state index in [4.69, 9.17) is 0 Å². The maximum Gasteiger partial charge on any atom is 0.227 e. The minimum atomic E-state index is 0.843. The fourth-order valence-electron chi connectivity index (χ4n) is 2.46. The molecule has 1 aromatic carbocycles. The van der Waals surface area contributed by atoms with Crippen molar-refractivity contribution in [1.29, 1.82) is 0 Å². The molecule has 0 amide bonds. The standard InChI is InChI=1S/C14H13NO/c16-15-10-4-8-12-7-3-6-11-5-1-2-9-13(11)14(12)15/h1-2,4-5,8-10H,3,6-7H2. The first-order chi connectivity index (χ1) is 7.86. The first-order valence-electron chi connectivity index (χ1n) is 5.65. The third-order valence-corrected chi connectivity index (χ3v) is 3.21. The second-order valence-corrected chi connectivity index (χ2v) is 4.22. The largest absolute Gasteiger partial charge is 0.618 e. The topological polar surface area (TPSA) is 26.9 Å². The summed E-state index contributed by atoms with van der Waals surface area (Å²) >= 11 is 0. The van der Waals surface area contributed by atoms with Gasteiger partial charge >= 0.3 is 0 Å². The fraction of sp³-hybridized carbons (Fsp3) is 0.214. The zero-order valence-corrected chi connectivity index (χ0v) is 9.02. The van der Waals surface area contributed by atoms with E-state index < -0.39 is 0 Å². The molecule has 0 atom stereocenters. The molecule has 2 aromatic rings. The van der Waals surface area contributed by atoms with Crippen LogP contribution in [0.4, 0.5) is 0 Å². The minimum Gasteiger partial charge on any atom is -0.618 e. The maximum atomic E-state index is 11.9. The molecule has 1 aromatic heterocycles. The predicted octanol–water partition coefficient (Wildman–Crippen LogP) is 2.48. The number of aryl methyl sites for hydroxylation is 2. The summed E-state index contributed by atoms with van der Waals surface area (Å²) in [4.78, 5) is 0. The van der Waals surface area contributed by atoms with Crippen LogP contribution in [0.1, 0.15) is 17.5 Å². The lowest BCUT2D eigenvalue weighted by molar-refractivity contribution is -0.594. The number of benzene rings is 1. The highest BCUT2D eigenvalue weighted by Crippen LogP contribution is 2.29. The molecule has 80 valence electrons. The van der Waals surface area contributed by atoms with Gasteiger partial charge in [0.25, 0.3) is 0 Å². The van der Waals surface area contributed by atoms with Crippen molar-refractivity contribution in [2.45, 2.75) is 19.3 Å². The van der Waals surface area contributed by atoms with Crippen LogP contribution in [-0.2, 0) is 12.8 Å². The number of rotatable bonds is 0. The van der Waals surface area contributed by atoms with Gasteiger partial charge in [-0.05, 0) is 37.0 Å². The van der Waals surface area contributed by atoms with Crippen LogP contribution in [0, 0.1) is 5.21 Å². The predicted molar refractivity (Wildman–Crippen MR) is 62.9 cm³/mol. The average Bonchev–Trinajstić information content (AvgIpc) is 2.49. The molecule has 16 heavy (non-hydrogen) atoms. The van der Waals surface area contributed by atoms with Gasteiger partial charge in [0.15, 0.2) is 6.20 Å². The van der Waals surface area contributed by atoms with Crippen LogP contribution in [0.5, 0.6) is 0 Å². The van der Waals surface area contributed by atoms with Gasteiger partial charge in [0.05, 0.1) is 5.56 Å². The van der Waals surface area contributed by atoms with E-state index in [-0.39, 0.29) is 0 Å². The molecule has 0 fully saturated rings. The fourth-order valence-corrected chi connectivity index (χ4v) is 2.46. The zero-order chi connectivity index (χ0) is 11.0. The third kappa shape index (κ3) is 1.38. The van der Waals surface area contributed by atoms with Gasteiger partial charge in [-0.3, -0.25) is 0 Å². The van der Waals surface area contributed by atoms with Crippen molar-refractivity contribution >= 4 is 0 Å². The summed E-state index contributed by atoms with van der Waals surface area (Å²) < 4.78 is 0.999. The van der Waals surface area contributed by atoms with Crippen LogP contribution >= 0.6 is 0 Å². The first kappa shape index (κ1) is 9.40. The summed E-state index contributed by atoms with van der Waals surface area (Å²) in [6, 6.07) is 12.1. The van der Waals surface area contributed by atoms with Crippen LogP contribution in [0.2, 0.25) is 0 Å². The molecule has 0 unspecified atom stereocenters. The van der Waals surface area contributed by atoms with Gasteiger partial charge in [0.2, 0.25) is 5.69 Å². The van der Waals surface area contributed by atoms with E-state index in [2.05, 4.69) is 12.1 Å². The van der Waals surface area contributed by atoms with Crippen molar-refractivity contribution in [2.75, 3.05) is 0 Å². The van der Waals surface area contributed by atoms with Gasteiger partial charge in [-0.1, -0.05) is 18.2 Å². The zero-order valence-electron chi connectivity index (χ0n) is 9.02. The SMILES string of the molecule is [O-][n+]1cccc2c1-c1ccccc1CCC2. The van der Waals surface area contributed by atoms with Gasteiger partial charge in [0.1, 0.15) is 0 Å². The van der Waals surface area contributed by atoms with Crippen LogP contribution in [0.3, 0.4) is 0 Å². The quantitative estimate of drug-likeness (QED) is 0.486. The van der Waals surface area contributed by atoms with E-state index in [9.17, 15) is 5.21 Å². The lowest BCUT2D eigenvalue weighted by atomic mass is 10.0. The Kier molecular flexibility index (Phi) is 2.13. The molecule has 1 aliphatic carbocycles. The lowest BCUT2D eigenvalue weighted by Crippen LogP contribution is -2.29. The van der Waals surface area contributed by atoms with Crippen molar-refractivity contribution in [2.24, 2.45) is 0 Å². The summed E-state index contributed by atoms with van der Waals surface area (Å²) in [7, 11) is 0. The first-order valence-corrected chi connectivity index (χ1v) is 5.65. The summed E-state index contributed by atoms with van der Waals surface area (Å²) in [5, 5.41) is 11.9. The summed E-state index contributed by atoms with van der Waals surface area (Å²) in [6.45, 7) is 0. The van der Waals surface area contributed by atoms with Crippen molar-refractivity contribution in [3.8, 4) is 11.3 Å². The number of nitrogens with zero attached hydrogens (tertiary/aromatic N) is 1. The van der Waals surface area contributed by atoms with Gasteiger partial charge < -0.3 is 5.21 Å². The van der Waals surface area contributed by atoms with Crippen molar-refractivity contribution < 1.29 is 4.73 Å². The third-order valence-electron chi connectivity index (χ3n) is 3.21. The Hall–Kier alpha value is -1.83. The number of fused-ring (bicyclic) bond motifs is 3. The van der Waals surface area contributed by atoms with E-state index in [0.29, 0.717) is 0 Å². The van der Waals surface area contributed by atoms with Crippen molar-refractivity contribution in [1.82, 2.24) is 0 Å². The van der Waals surface area contributed by atoms with E-state index in [0.717, 1.165) is 35.3 Å². The minimum absolute atomic E-state index is 0.843. The van der Waals surface area contributed by atoms with Crippen LogP contribution < -0.4 is 4.73 Å². The highest BCUT2D eigenvalue weighted by molar-refractivity contribution is 5.65. The van der Waals surface area contributed by atoms with Gasteiger partial charge in [-0.25, -0.2) is 0 Å². The molecular weight excluding hydrogens is 198 g/mol. The molecule has 0 radical (unpaired) electrons. The molecule has 2 heteroatoms. The Morgan fingerprint density at radius 3 is 2.62 bits per heavy atom. The second kappa shape index (κ2) is 3.63. The van der Waals surface area contributed by atoms with Crippen molar-refractivity contribution in [3.63, 3.8) is 0 Å². The molecule has 1 heterocycles. The molecule has 2 nitrogen and oxygen atoms in total. The van der Waals surface area contributed by atoms with Gasteiger partial charge in [0, 0.05) is 11.6 Å². The molecule has 0 aliphatic heterocycles. The Balaban J connectivity index is 2.32. The molecule has 3 rings (SSSR count). The number of pyridine rings is 1. The Bertz CT molecular complexity index is 534. The van der Waals surface area contributed by atoms with Crippen molar-refractivity contribution in [3.05, 3.63) is 58.9 Å². The highest BCUT2D eigenvalue weighted by Gasteiger charge is 2.20. The summed E-state index contributed by atoms with van der Waals surface area (Å²) in [5.41, 5.74) is 4.40. The molecule has 0 N–H and O–H groups in total. The van der Waals surface area contributed by atoms with Crippen LogP contribution in [0.25, 0.3) is 11.3 Å². The normalized spacial score (nSPS) is 13.8. The molecule has 0 bridgehead atoms. The Labute approximate surface area is 94.8 Å². The van der Waals surface area contributed by atoms with Crippen LogP contribution in [-0.4, -0.2) is 0 Å². The smallest absolute Gasteiger partial charge is 0.227 e. The highest BCUT2D eigenvalue weighted by atomic mass is 16.5. The monoisotopic (exact) mass is 211 g/mol. The maximum absolute atomic E-state index is 11.9. The number of hydrogen-bond donors (Lipinski definition) is 0. The van der Waals surface area contributed by atoms with Gasteiger partial charge in [-0.15, -0.1) is 0 Å². The Morgan fingerprint density at radius 2 is 1.69 bits per heavy atom. The Morgan fingerprint density at radius 1 is 0.938 bits per heavy atom. The van der Waals surface area contributed by atoms with E-state index >= 15 is 0 Å². The molecule has 0 saturated carbocycles. The summed E-state index contributed by atoms with van der Waals surface area (Å²) in [5.74, 6) is 0. The summed E-state index contributed by atoms with van der Waals surface area (Å²) in [6.07, 6.45) is 4.76. The molecule has 1 aliphatic rings.